The zero-order chi connectivity index (χ0) is 28.6. The van der Waals surface area contributed by atoms with Gasteiger partial charge in [0.25, 0.3) is 0 Å². The fourth-order valence-electron chi connectivity index (χ4n) is 5.65. The fraction of sp³-hybridized carbons (Fsp3) is 0.312. The SMILES string of the molecule is Cn1ccnc1CN(C(=O)[C@H]1C[C@@H]1c1ccccc1)c1ccc2c(c1)C(NSc1ccc(C(F)(F)F)cc1)CCC2. The molecule has 0 spiro atoms. The third kappa shape index (κ3) is 6.06. The predicted octanol–water partition coefficient (Wildman–Crippen LogP) is 7.45. The smallest absolute Gasteiger partial charge is 0.337 e. The molecule has 1 amide bonds. The summed E-state index contributed by atoms with van der Waals surface area (Å²) in [5.74, 6) is 1.05. The highest BCUT2D eigenvalue weighted by molar-refractivity contribution is 7.97. The number of carbonyl (C=O) groups excluding carboxylic acids is 1. The largest absolute Gasteiger partial charge is 0.416 e. The Hall–Kier alpha value is -3.56. The van der Waals surface area contributed by atoms with Crippen molar-refractivity contribution < 1.29 is 18.0 Å². The zero-order valence-electron chi connectivity index (χ0n) is 22.6. The normalized spacial score (nSPS) is 20.0. The minimum atomic E-state index is -4.35. The maximum absolute atomic E-state index is 14.0. The molecule has 3 aromatic carbocycles. The number of rotatable bonds is 8. The van der Waals surface area contributed by atoms with Crippen LogP contribution in [0.3, 0.4) is 0 Å². The summed E-state index contributed by atoms with van der Waals surface area (Å²) in [6.45, 7) is 0.373. The molecule has 1 unspecified atom stereocenters. The van der Waals surface area contributed by atoms with Gasteiger partial charge in [0.2, 0.25) is 5.91 Å². The third-order valence-electron chi connectivity index (χ3n) is 8.08. The summed E-state index contributed by atoms with van der Waals surface area (Å²) in [5.41, 5.74) is 3.73. The molecule has 2 aliphatic carbocycles. The molecular weight excluding hydrogens is 545 g/mol. The lowest BCUT2D eigenvalue weighted by Crippen LogP contribution is -2.33. The number of benzene rings is 3. The van der Waals surface area contributed by atoms with Gasteiger partial charge in [-0.1, -0.05) is 36.4 Å². The van der Waals surface area contributed by atoms with Crippen LogP contribution in [0.25, 0.3) is 0 Å². The topological polar surface area (TPSA) is 50.2 Å². The van der Waals surface area contributed by atoms with Gasteiger partial charge < -0.3 is 9.47 Å². The summed E-state index contributed by atoms with van der Waals surface area (Å²) >= 11 is 1.34. The number of carbonyl (C=O) groups is 1. The molecule has 5 nitrogen and oxygen atoms in total. The van der Waals surface area contributed by atoms with Crippen LogP contribution in [-0.4, -0.2) is 15.5 Å². The Morgan fingerprint density at radius 2 is 1.88 bits per heavy atom. The number of hydrogen-bond donors (Lipinski definition) is 1. The number of hydrogen-bond acceptors (Lipinski definition) is 4. The van der Waals surface area contributed by atoms with E-state index in [1.807, 2.05) is 47.0 Å². The van der Waals surface area contributed by atoms with E-state index in [9.17, 15) is 18.0 Å². The minimum Gasteiger partial charge on any atom is -0.337 e. The number of nitrogens with zero attached hydrogens (tertiary/aromatic N) is 3. The summed E-state index contributed by atoms with van der Waals surface area (Å²) in [5, 5.41) is 0. The summed E-state index contributed by atoms with van der Waals surface area (Å²) in [7, 11) is 1.93. The average Bonchev–Trinajstić information content (AvgIpc) is 3.69. The van der Waals surface area contributed by atoms with E-state index in [1.165, 1.54) is 35.2 Å². The second kappa shape index (κ2) is 11.4. The van der Waals surface area contributed by atoms with E-state index < -0.39 is 11.7 Å². The van der Waals surface area contributed by atoms with Crippen LogP contribution < -0.4 is 9.62 Å². The molecule has 0 radical (unpaired) electrons. The predicted molar refractivity (Wildman–Crippen MR) is 154 cm³/mol. The van der Waals surface area contributed by atoms with Gasteiger partial charge in [-0.2, -0.15) is 13.2 Å². The second-order valence-electron chi connectivity index (χ2n) is 10.8. The Bertz CT molecular complexity index is 1520. The number of fused-ring (bicyclic) bond motifs is 1. The van der Waals surface area contributed by atoms with E-state index in [1.54, 1.807) is 6.20 Å². The van der Waals surface area contributed by atoms with Crippen molar-refractivity contribution in [1.82, 2.24) is 14.3 Å². The molecule has 6 rings (SSSR count). The van der Waals surface area contributed by atoms with Gasteiger partial charge in [0.05, 0.1) is 12.1 Å². The van der Waals surface area contributed by atoms with Crippen molar-refractivity contribution in [2.24, 2.45) is 13.0 Å². The quantitative estimate of drug-likeness (QED) is 0.221. The molecule has 1 aromatic heterocycles. The van der Waals surface area contributed by atoms with Crippen molar-refractivity contribution in [1.29, 1.82) is 0 Å². The molecule has 4 aromatic rings. The van der Waals surface area contributed by atoms with E-state index in [0.717, 1.165) is 54.9 Å². The Labute approximate surface area is 241 Å². The van der Waals surface area contributed by atoms with Gasteiger partial charge in [0.15, 0.2) is 0 Å². The maximum Gasteiger partial charge on any atom is 0.416 e. The fourth-order valence-corrected chi connectivity index (χ4v) is 6.45. The number of aryl methyl sites for hydroxylation is 2. The maximum atomic E-state index is 14.0. The lowest BCUT2D eigenvalue weighted by Gasteiger charge is -2.29. The molecular formula is C32H31F3N4OS. The van der Waals surface area contributed by atoms with Crippen LogP contribution in [0.2, 0.25) is 0 Å². The number of aromatic nitrogens is 2. The number of imidazole rings is 1. The van der Waals surface area contributed by atoms with Crippen LogP contribution >= 0.6 is 11.9 Å². The van der Waals surface area contributed by atoms with Gasteiger partial charge in [-0.3, -0.25) is 9.52 Å². The minimum absolute atomic E-state index is 0.00842. The van der Waals surface area contributed by atoms with E-state index in [2.05, 4.69) is 34.0 Å². The van der Waals surface area contributed by atoms with Crippen LogP contribution in [0, 0.1) is 5.92 Å². The standard InChI is InChI=1S/C32H31F3N4OS/c1-38-17-16-36-30(38)20-39(31(40)28-19-26(28)21-6-3-2-4-7-21)24-13-10-22-8-5-9-29(27(22)18-24)37-41-25-14-11-23(12-15-25)32(33,34)35/h2-4,6-7,10-18,26,28-29,37H,5,8-9,19-20H2,1H3/t26-,28+,29?/m1/s1. The highest BCUT2D eigenvalue weighted by Gasteiger charge is 2.46. The number of alkyl halides is 3. The van der Waals surface area contributed by atoms with Crippen molar-refractivity contribution >= 4 is 23.5 Å². The Morgan fingerprint density at radius 1 is 1.10 bits per heavy atom. The molecule has 0 saturated heterocycles. The molecule has 212 valence electrons. The summed E-state index contributed by atoms with van der Waals surface area (Å²) in [6, 6.07) is 21.7. The van der Waals surface area contributed by atoms with Gasteiger partial charge in [0, 0.05) is 42.0 Å². The molecule has 9 heteroatoms. The van der Waals surface area contributed by atoms with E-state index in [4.69, 9.17) is 0 Å². The lowest BCUT2D eigenvalue weighted by atomic mass is 9.87. The molecule has 1 N–H and O–H groups in total. The Kier molecular flexibility index (Phi) is 7.66. The molecule has 0 aliphatic heterocycles. The second-order valence-corrected chi connectivity index (χ2v) is 11.7. The molecule has 1 heterocycles. The first-order valence-electron chi connectivity index (χ1n) is 13.8. The molecule has 0 bridgehead atoms. The van der Waals surface area contributed by atoms with Crippen LogP contribution in [0.5, 0.6) is 0 Å². The number of anilines is 1. The highest BCUT2D eigenvalue weighted by atomic mass is 32.2. The summed E-state index contributed by atoms with van der Waals surface area (Å²) in [6.07, 6.45) is 2.96. The van der Waals surface area contributed by atoms with Crippen molar-refractivity contribution in [3.63, 3.8) is 0 Å². The number of halogens is 3. The van der Waals surface area contributed by atoms with Crippen LogP contribution in [0.15, 0.2) is 90.1 Å². The van der Waals surface area contributed by atoms with E-state index in [-0.39, 0.29) is 23.8 Å². The average molecular weight is 577 g/mol. The van der Waals surface area contributed by atoms with Gasteiger partial charge >= 0.3 is 6.18 Å². The third-order valence-corrected chi connectivity index (χ3v) is 8.99. The van der Waals surface area contributed by atoms with Gasteiger partial charge in [0.1, 0.15) is 5.82 Å². The summed E-state index contributed by atoms with van der Waals surface area (Å²) in [4.78, 5) is 21.0. The monoisotopic (exact) mass is 576 g/mol. The van der Waals surface area contributed by atoms with Crippen molar-refractivity contribution in [2.75, 3.05) is 4.90 Å². The van der Waals surface area contributed by atoms with Crippen LogP contribution in [0.4, 0.5) is 18.9 Å². The summed E-state index contributed by atoms with van der Waals surface area (Å²) < 4.78 is 44.3. The molecule has 3 atom stereocenters. The van der Waals surface area contributed by atoms with Crippen molar-refractivity contribution in [2.45, 2.75) is 55.3 Å². The van der Waals surface area contributed by atoms with Gasteiger partial charge in [-0.15, -0.1) is 0 Å². The highest BCUT2D eigenvalue weighted by Crippen LogP contribution is 2.49. The van der Waals surface area contributed by atoms with Gasteiger partial charge in [-0.05, 0) is 96.6 Å². The Balaban J connectivity index is 1.24. The van der Waals surface area contributed by atoms with Crippen LogP contribution in [-0.2, 0) is 31.0 Å². The van der Waals surface area contributed by atoms with E-state index in [0.29, 0.717) is 11.4 Å². The first-order valence-corrected chi connectivity index (χ1v) is 14.6. The first kappa shape index (κ1) is 27.6. The number of nitrogens with one attached hydrogen (secondary N) is 1. The molecule has 1 fully saturated rings. The zero-order valence-corrected chi connectivity index (χ0v) is 23.5. The molecule has 2 aliphatic rings. The van der Waals surface area contributed by atoms with Crippen molar-refractivity contribution in [3.8, 4) is 0 Å². The van der Waals surface area contributed by atoms with Gasteiger partial charge in [-0.25, -0.2) is 4.98 Å². The molecule has 41 heavy (non-hydrogen) atoms. The van der Waals surface area contributed by atoms with E-state index >= 15 is 0 Å². The lowest BCUT2D eigenvalue weighted by molar-refractivity contribution is -0.137. The van der Waals surface area contributed by atoms with Crippen LogP contribution in [0.1, 0.15) is 59.3 Å². The first-order chi connectivity index (χ1) is 19.8. The Morgan fingerprint density at radius 3 is 2.59 bits per heavy atom. The number of amides is 1. The molecule has 1 saturated carbocycles. The van der Waals surface area contributed by atoms with Crippen molar-refractivity contribution in [3.05, 3.63) is 113 Å².